The van der Waals surface area contributed by atoms with Gasteiger partial charge in [0, 0.05) is 12.8 Å². The van der Waals surface area contributed by atoms with Crippen LogP contribution in [0.1, 0.15) is 365 Å². The third-order valence-electron chi connectivity index (χ3n) is 19.2. The SMILES string of the molecule is C.C.C.C.C.C.C.C.C.C.CC(C)(C)C(C)(C)C(F)(F)F.CC(C)C(C)(C)C(F)(F)F.CC(C)CC(C(F)(F)F)C(F)(F)F.CC(C)[C@@H](C)C(C)C(F)(F)F.CCC(C)(C)CC(F)(F)F.CCC(C)[C@@H](C)C(F)(F)F.CCC(CC)CC(F)(F)F.CCCC(C)(C)C(F)(F)F.CCCCC(C(F)(F)F)C(F)(F)F.CC[C@H](C)C(C)C(F)(F)F. The minimum atomic E-state index is -5.19. The standard InChI is InChI=1S/2C8H15F3.2C7H10F6.6C7H13F3.10CH4/c1-6(2,3)7(4,5)8(9,10)11;1-5(2)6(3)7(4)8(9,10)11;1-4(2)3-5(6(8,9)10)7(11,12)13;1-2-3-4-5(6(8,9)10)7(11,12)13;1-5(2)6(3,4)7(8,9)10;1-4-6(2,3)5-7(8,9)10;1-4-5-6(2,3)7(8,9)10;2*1-4-5(2)6(3)7(8,9)10;1-3-6(4-2)5-7(8,9)10;;;;;;;;;;/h1-5H3;5-7H,1-4H3;4-5H,3H2,1-2H3;5H,2-4H2,1H3;5H,1-4H3;2*4-5H2,1-3H3;2*5-6H,4H2,1-3H3;6H,3-5H2,1-2H3;10*1H4/t;6-,7?;;;;;;5?,6-;5-,6?;;;;;;;;;;;/m.1.....10.........../s1. The van der Waals surface area contributed by atoms with E-state index in [-0.39, 0.29) is 123 Å². The Morgan fingerprint density at radius 3 is 0.653 bits per heavy atom. The van der Waals surface area contributed by atoms with Gasteiger partial charge in [0.25, 0.3) is 0 Å². The highest BCUT2D eigenvalue weighted by molar-refractivity contribution is 4.88. The van der Waals surface area contributed by atoms with E-state index in [0.29, 0.717) is 44.9 Å². The predicted molar refractivity (Wildman–Crippen MR) is 424 cm³/mol. The third-order valence-corrected chi connectivity index (χ3v) is 19.2. The second-order valence-electron chi connectivity index (χ2n) is 31.6. The highest BCUT2D eigenvalue weighted by atomic mass is 19.5. The van der Waals surface area contributed by atoms with Crippen LogP contribution in [0.25, 0.3) is 0 Å². The van der Waals surface area contributed by atoms with Crippen LogP contribution in [0.3, 0.4) is 0 Å². The van der Waals surface area contributed by atoms with Crippen molar-refractivity contribution in [2.24, 2.45) is 98.1 Å². The van der Waals surface area contributed by atoms with E-state index in [1.165, 1.54) is 76.2 Å². The summed E-state index contributed by atoms with van der Waals surface area (Å²) in [5.74, 6) is -11.8. The highest BCUT2D eigenvalue weighted by Gasteiger charge is 2.58. The molecule has 0 nitrogen and oxygen atoms in total. The lowest BCUT2D eigenvalue weighted by Gasteiger charge is -2.40. The first-order valence-electron chi connectivity index (χ1n) is 35.4. The number of hydrogen-bond acceptors (Lipinski definition) is 0. The zero-order valence-electron chi connectivity index (χ0n) is 68.2. The largest absolute Gasteiger partial charge is 0.400 e. The molecule has 0 aromatic carbocycles. The van der Waals surface area contributed by atoms with E-state index in [9.17, 15) is 158 Å². The maximum Gasteiger partial charge on any atom is 0.400 e. The molecule has 0 fully saturated rings. The molecule has 0 spiro atoms. The number of halogens is 36. The zero-order valence-corrected chi connectivity index (χ0v) is 68.2. The summed E-state index contributed by atoms with van der Waals surface area (Å²) in [4.78, 5) is 0. The van der Waals surface area contributed by atoms with Crippen LogP contribution in [-0.4, -0.2) is 74.1 Å². The summed E-state index contributed by atoms with van der Waals surface area (Å²) in [5.41, 5.74) is -6.04. The Bertz CT molecular complexity index is 2070. The Morgan fingerprint density at radius 2 is 0.576 bits per heavy atom. The predicted octanol–water partition coefficient (Wildman–Crippen LogP) is 41.0. The van der Waals surface area contributed by atoms with Crippen LogP contribution in [0.5, 0.6) is 0 Å². The number of rotatable bonds is 19. The van der Waals surface area contributed by atoms with Crippen molar-refractivity contribution in [2.45, 2.75) is 440 Å². The first-order valence-corrected chi connectivity index (χ1v) is 35.4. The van der Waals surface area contributed by atoms with Gasteiger partial charge in [-0.2, -0.15) is 158 Å². The van der Waals surface area contributed by atoms with E-state index >= 15 is 0 Å². The first-order chi connectivity index (χ1) is 46.6. The Balaban J connectivity index is -0.0000000498. The van der Waals surface area contributed by atoms with E-state index in [0.717, 1.165) is 0 Å². The lowest BCUT2D eigenvalue weighted by molar-refractivity contribution is -0.288. The van der Waals surface area contributed by atoms with E-state index in [1.54, 1.807) is 118 Å². The summed E-state index contributed by atoms with van der Waals surface area (Å²) in [6, 6.07) is 0. The second kappa shape index (κ2) is 66.9. The molecule has 36 heteroatoms. The van der Waals surface area contributed by atoms with Crippen molar-refractivity contribution in [3.8, 4) is 0 Å². The molecule has 118 heavy (non-hydrogen) atoms. The molecular weight excluding hydrogens is 1670 g/mol. The molecule has 0 aromatic heterocycles. The summed E-state index contributed by atoms with van der Waals surface area (Å²) in [6.07, 6.45) is -52.1. The average Bonchev–Trinajstić information content (AvgIpc) is 0.788. The van der Waals surface area contributed by atoms with Crippen LogP contribution in [0.15, 0.2) is 0 Å². The van der Waals surface area contributed by atoms with Gasteiger partial charge in [0.15, 0.2) is 11.8 Å². The smallest absolute Gasteiger partial charge is 0.171 e. The minimum absolute atomic E-state index is 0. The van der Waals surface area contributed by atoms with Crippen LogP contribution in [0.2, 0.25) is 0 Å². The van der Waals surface area contributed by atoms with Gasteiger partial charge in [-0.15, -0.1) is 0 Å². The van der Waals surface area contributed by atoms with Gasteiger partial charge < -0.3 is 0 Å². The maximum absolute atomic E-state index is 12.3. The molecule has 3 unspecified atom stereocenters. The summed E-state index contributed by atoms with van der Waals surface area (Å²) < 4.78 is 429. The molecular formula is C82H168F36. The van der Waals surface area contributed by atoms with Gasteiger partial charge in [-0.3, -0.25) is 0 Å². The van der Waals surface area contributed by atoms with Crippen LogP contribution >= 0.6 is 0 Å². The topological polar surface area (TPSA) is 0 Å². The summed E-state index contributed by atoms with van der Waals surface area (Å²) in [5, 5.41) is 0. The van der Waals surface area contributed by atoms with E-state index in [4.69, 9.17) is 0 Å². The van der Waals surface area contributed by atoms with Gasteiger partial charge in [-0.05, 0) is 71.5 Å². The van der Waals surface area contributed by atoms with Gasteiger partial charge >= 0.3 is 74.1 Å². The van der Waals surface area contributed by atoms with Crippen molar-refractivity contribution in [1.82, 2.24) is 0 Å². The highest BCUT2D eigenvalue weighted by Crippen LogP contribution is 2.51. The van der Waals surface area contributed by atoms with Crippen molar-refractivity contribution in [3.63, 3.8) is 0 Å². The van der Waals surface area contributed by atoms with Crippen LogP contribution in [-0.2, 0) is 0 Å². The normalized spacial score (nSPS) is 14.0. The lowest BCUT2D eigenvalue weighted by atomic mass is 9.69. The van der Waals surface area contributed by atoms with Gasteiger partial charge in [0.05, 0.1) is 34.0 Å². The minimum Gasteiger partial charge on any atom is -0.171 e. The number of hydrogen-bond donors (Lipinski definition) is 0. The van der Waals surface area contributed by atoms with E-state index in [1.807, 2.05) is 13.8 Å². The Morgan fingerprint density at radius 1 is 0.297 bits per heavy atom. The van der Waals surface area contributed by atoms with E-state index < -0.39 is 162 Å². The number of alkyl halides is 36. The van der Waals surface area contributed by atoms with Gasteiger partial charge in [0.1, 0.15) is 0 Å². The lowest BCUT2D eigenvalue weighted by Crippen LogP contribution is -2.43. The van der Waals surface area contributed by atoms with Crippen LogP contribution in [0, 0.1) is 98.1 Å². The van der Waals surface area contributed by atoms with Crippen molar-refractivity contribution >= 4 is 0 Å². The molecule has 0 heterocycles. The third kappa shape index (κ3) is 83.1. The Labute approximate surface area is 693 Å². The Hall–Kier alpha value is -2.52. The fourth-order valence-corrected chi connectivity index (χ4v) is 7.16. The quantitative estimate of drug-likeness (QED) is 0.113. The first kappa shape index (κ1) is 166. The second-order valence-corrected chi connectivity index (χ2v) is 31.6. The van der Waals surface area contributed by atoms with Gasteiger partial charge in [-0.1, -0.05) is 333 Å². The fourth-order valence-electron chi connectivity index (χ4n) is 7.16. The Kier molecular flexibility index (Phi) is 94.1. The fraction of sp³-hybridized carbons (Fsp3) is 1.00. The molecule has 0 aliphatic carbocycles. The van der Waals surface area contributed by atoms with Crippen LogP contribution in [0.4, 0.5) is 158 Å². The monoisotopic (exact) mass is 1840 g/mol. The molecule has 748 valence electrons. The van der Waals surface area contributed by atoms with Gasteiger partial charge in [0.2, 0.25) is 0 Å². The van der Waals surface area contributed by atoms with Crippen molar-refractivity contribution in [3.05, 3.63) is 0 Å². The average molecular weight is 1840 g/mol. The van der Waals surface area contributed by atoms with Crippen molar-refractivity contribution in [1.29, 1.82) is 0 Å². The molecule has 0 saturated heterocycles. The zero-order chi connectivity index (χ0) is 90.6. The molecule has 0 rings (SSSR count). The molecule has 0 aliphatic rings. The van der Waals surface area contributed by atoms with E-state index in [2.05, 4.69) is 0 Å². The molecule has 0 saturated carbocycles. The molecule has 6 atom stereocenters. The van der Waals surface area contributed by atoms with Gasteiger partial charge in [-0.25, -0.2) is 0 Å². The van der Waals surface area contributed by atoms with Crippen molar-refractivity contribution < 1.29 is 158 Å². The summed E-state index contributed by atoms with van der Waals surface area (Å²) in [6.45, 7) is 45.6. The molecule has 0 N–H and O–H groups in total. The molecule has 0 aliphatic heterocycles. The summed E-state index contributed by atoms with van der Waals surface area (Å²) >= 11 is 0. The maximum atomic E-state index is 12.3. The summed E-state index contributed by atoms with van der Waals surface area (Å²) in [7, 11) is 0. The van der Waals surface area contributed by atoms with Crippen molar-refractivity contribution in [2.75, 3.05) is 0 Å². The molecule has 0 radical (unpaired) electrons. The van der Waals surface area contributed by atoms with Crippen LogP contribution < -0.4 is 0 Å². The molecule has 0 amide bonds. The number of unbranched alkanes of at least 4 members (excludes halogenated alkanes) is 1. The molecule has 0 aromatic rings. The molecule has 0 bridgehead atoms.